The molecule has 0 saturated carbocycles. The maximum atomic E-state index is 11.1. The quantitative estimate of drug-likeness (QED) is 0.656. The van der Waals surface area contributed by atoms with Gasteiger partial charge >= 0.3 is 17.4 Å². The first-order valence-corrected chi connectivity index (χ1v) is 3.75. The summed E-state index contributed by atoms with van der Waals surface area (Å²) in [5, 5.41) is 11.9. The summed E-state index contributed by atoms with van der Waals surface area (Å²) in [5.41, 5.74) is -1.54. The molecule has 0 aliphatic heterocycles. The number of carboxylic acid groups (broad SMARTS) is 1. The predicted molar refractivity (Wildman–Crippen MR) is 44.7 cm³/mol. The number of nitrogens with zero attached hydrogens (tertiary/aromatic N) is 2. The lowest BCUT2D eigenvalue weighted by atomic mass is 10.3. The maximum absolute atomic E-state index is 11.1. The normalized spacial score (nSPS) is 10.7. The van der Waals surface area contributed by atoms with Gasteiger partial charge in [0.1, 0.15) is 5.52 Å². The molecule has 8 heteroatoms. The molecule has 78 valence electrons. The van der Waals surface area contributed by atoms with Crippen molar-refractivity contribution in [2.24, 2.45) is 7.05 Å². The standard InChI is InChI=1S/C7H4N2O6/c1-9-3-2(6(12)14-7(9)13)8-15-4(3)5(10)11/h1H3,(H,10,11). The van der Waals surface area contributed by atoms with Gasteiger partial charge in [-0.3, -0.25) is 4.57 Å². The summed E-state index contributed by atoms with van der Waals surface area (Å²) in [5.74, 6) is -2.96. The second kappa shape index (κ2) is 2.80. The average molecular weight is 212 g/mol. The van der Waals surface area contributed by atoms with Crippen molar-refractivity contribution in [2.75, 3.05) is 0 Å². The largest absolute Gasteiger partial charge is 0.475 e. The molecule has 15 heavy (non-hydrogen) atoms. The van der Waals surface area contributed by atoms with Crippen LogP contribution in [0.3, 0.4) is 0 Å². The third-order valence-corrected chi connectivity index (χ3v) is 1.84. The zero-order valence-corrected chi connectivity index (χ0v) is 7.38. The Labute approximate surface area is 80.3 Å². The van der Waals surface area contributed by atoms with E-state index in [9.17, 15) is 14.4 Å². The molecule has 8 nitrogen and oxygen atoms in total. The highest BCUT2D eigenvalue weighted by atomic mass is 16.5. The van der Waals surface area contributed by atoms with Crippen LogP contribution >= 0.6 is 0 Å². The van der Waals surface area contributed by atoms with Crippen LogP contribution in [0, 0.1) is 0 Å². The molecule has 0 amide bonds. The van der Waals surface area contributed by atoms with E-state index in [-0.39, 0.29) is 11.0 Å². The van der Waals surface area contributed by atoms with Crippen LogP contribution in [-0.4, -0.2) is 20.8 Å². The lowest BCUT2D eigenvalue weighted by Crippen LogP contribution is -2.22. The lowest BCUT2D eigenvalue weighted by Gasteiger charge is -1.95. The van der Waals surface area contributed by atoms with E-state index >= 15 is 0 Å². The van der Waals surface area contributed by atoms with Crippen molar-refractivity contribution < 1.29 is 18.8 Å². The van der Waals surface area contributed by atoms with Crippen LogP contribution in [0.15, 0.2) is 18.5 Å². The van der Waals surface area contributed by atoms with Crippen LogP contribution in [0.5, 0.6) is 0 Å². The molecule has 0 fully saturated rings. The summed E-state index contributed by atoms with van der Waals surface area (Å²) in [6.45, 7) is 0. The highest BCUT2D eigenvalue weighted by Crippen LogP contribution is 2.12. The van der Waals surface area contributed by atoms with Crippen LogP contribution < -0.4 is 11.4 Å². The minimum atomic E-state index is -1.42. The minimum Gasteiger partial charge on any atom is -0.475 e. The topological polar surface area (TPSA) is 116 Å². The van der Waals surface area contributed by atoms with Gasteiger partial charge in [0.15, 0.2) is 0 Å². The minimum absolute atomic E-state index is 0.191. The van der Waals surface area contributed by atoms with Crippen molar-refractivity contribution in [2.45, 2.75) is 0 Å². The van der Waals surface area contributed by atoms with Crippen LogP contribution in [-0.2, 0) is 7.05 Å². The summed E-state index contributed by atoms with van der Waals surface area (Å²) in [7, 11) is 1.25. The van der Waals surface area contributed by atoms with Gasteiger partial charge in [0, 0.05) is 7.05 Å². The van der Waals surface area contributed by atoms with E-state index in [2.05, 4.69) is 14.1 Å². The van der Waals surface area contributed by atoms with Crippen LogP contribution in [0.25, 0.3) is 11.0 Å². The molecule has 2 heterocycles. The molecule has 0 aliphatic carbocycles. The smallest absolute Gasteiger partial charge is 0.422 e. The highest BCUT2D eigenvalue weighted by molar-refractivity contribution is 5.97. The van der Waals surface area contributed by atoms with Gasteiger partial charge in [-0.15, -0.1) is 0 Å². The molecule has 0 spiro atoms. The molecule has 0 aliphatic rings. The Morgan fingerprint density at radius 2 is 2.13 bits per heavy atom. The summed E-state index contributed by atoms with van der Waals surface area (Å²) >= 11 is 0. The van der Waals surface area contributed by atoms with Crippen LogP contribution in [0.1, 0.15) is 10.6 Å². The molecule has 0 radical (unpaired) electrons. The fourth-order valence-corrected chi connectivity index (χ4v) is 1.16. The van der Waals surface area contributed by atoms with Crippen molar-refractivity contribution in [3.63, 3.8) is 0 Å². The molecule has 0 unspecified atom stereocenters. The monoisotopic (exact) mass is 212 g/mol. The molecule has 0 bridgehead atoms. The van der Waals surface area contributed by atoms with E-state index in [1.807, 2.05) is 0 Å². The fourth-order valence-electron chi connectivity index (χ4n) is 1.16. The van der Waals surface area contributed by atoms with Crippen molar-refractivity contribution in [3.8, 4) is 0 Å². The molecular formula is C7H4N2O6. The first-order valence-electron chi connectivity index (χ1n) is 3.75. The molecule has 0 aromatic carbocycles. The number of hydrogen-bond donors (Lipinski definition) is 1. The molecule has 1 N–H and O–H groups in total. The Morgan fingerprint density at radius 3 is 2.73 bits per heavy atom. The Morgan fingerprint density at radius 1 is 1.47 bits per heavy atom. The van der Waals surface area contributed by atoms with Crippen molar-refractivity contribution >= 4 is 17.0 Å². The number of fused-ring (bicyclic) bond motifs is 1. The summed E-state index contributed by atoms with van der Waals surface area (Å²) in [6.07, 6.45) is 0. The Kier molecular flexibility index (Phi) is 1.72. The van der Waals surface area contributed by atoms with E-state index in [1.54, 1.807) is 0 Å². The second-order valence-electron chi connectivity index (χ2n) is 2.73. The van der Waals surface area contributed by atoms with Gasteiger partial charge in [-0.05, 0) is 0 Å². The van der Waals surface area contributed by atoms with Crippen molar-refractivity contribution in [1.29, 1.82) is 0 Å². The summed E-state index contributed by atoms with van der Waals surface area (Å²) in [4.78, 5) is 32.8. The van der Waals surface area contributed by atoms with E-state index in [1.165, 1.54) is 7.05 Å². The third kappa shape index (κ3) is 1.15. The SMILES string of the molecule is Cn1c(=O)oc(=O)c2noc(C(=O)O)c21. The van der Waals surface area contributed by atoms with Crippen LogP contribution in [0.4, 0.5) is 0 Å². The maximum Gasteiger partial charge on any atom is 0.422 e. The van der Waals surface area contributed by atoms with Gasteiger partial charge in [-0.1, -0.05) is 5.16 Å². The summed E-state index contributed by atoms with van der Waals surface area (Å²) < 4.78 is 9.52. The third-order valence-electron chi connectivity index (χ3n) is 1.84. The first kappa shape index (κ1) is 9.19. The number of aromatic nitrogens is 2. The van der Waals surface area contributed by atoms with E-state index in [0.717, 1.165) is 4.57 Å². The molecule has 2 aromatic heterocycles. The number of rotatable bonds is 1. The van der Waals surface area contributed by atoms with E-state index in [4.69, 9.17) is 5.11 Å². The number of hydrogen-bond acceptors (Lipinski definition) is 6. The van der Waals surface area contributed by atoms with E-state index < -0.39 is 23.1 Å². The van der Waals surface area contributed by atoms with Gasteiger partial charge < -0.3 is 14.0 Å². The Balaban J connectivity index is 3.09. The number of aryl methyl sites for hydroxylation is 1. The molecule has 2 aromatic rings. The van der Waals surface area contributed by atoms with Crippen molar-refractivity contribution in [3.05, 3.63) is 26.7 Å². The molecular weight excluding hydrogens is 208 g/mol. The number of carboxylic acids is 1. The van der Waals surface area contributed by atoms with E-state index in [0.29, 0.717) is 0 Å². The predicted octanol–water partition coefficient (Wildman–Crippen LogP) is -0.822. The van der Waals surface area contributed by atoms with Gasteiger partial charge in [0.2, 0.25) is 5.52 Å². The summed E-state index contributed by atoms with van der Waals surface area (Å²) in [6, 6.07) is 0. The van der Waals surface area contributed by atoms with Gasteiger partial charge in [0.05, 0.1) is 0 Å². The Hall–Kier alpha value is -2.38. The zero-order chi connectivity index (χ0) is 11.2. The highest BCUT2D eigenvalue weighted by Gasteiger charge is 2.21. The fraction of sp³-hybridized carbons (Fsp3) is 0.143. The van der Waals surface area contributed by atoms with Crippen molar-refractivity contribution in [1.82, 2.24) is 9.72 Å². The van der Waals surface area contributed by atoms with Gasteiger partial charge in [-0.2, -0.15) is 0 Å². The number of carbonyl (C=O) groups is 1. The second-order valence-corrected chi connectivity index (χ2v) is 2.73. The number of aromatic carboxylic acids is 1. The molecule has 0 atom stereocenters. The molecule has 0 saturated heterocycles. The molecule has 2 rings (SSSR count). The van der Waals surface area contributed by atoms with Gasteiger partial charge in [0.25, 0.3) is 5.76 Å². The average Bonchev–Trinajstić information content (AvgIpc) is 2.58. The lowest BCUT2D eigenvalue weighted by molar-refractivity contribution is 0.0654. The Bertz CT molecular complexity index is 660. The first-order chi connectivity index (χ1) is 7.02. The van der Waals surface area contributed by atoms with Crippen LogP contribution in [0.2, 0.25) is 0 Å². The van der Waals surface area contributed by atoms with Gasteiger partial charge in [-0.25, -0.2) is 14.4 Å². The zero-order valence-electron chi connectivity index (χ0n) is 7.38.